The smallest absolute Gasteiger partial charge is 0.250 e. The molecule has 0 bridgehead atoms. The van der Waals surface area contributed by atoms with Crippen molar-refractivity contribution in [1.82, 2.24) is 19.9 Å². The maximum atomic E-state index is 13.5. The number of nitrogens with one attached hydrogen (secondary N) is 2. The second kappa shape index (κ2) is 10.1. The van der Waals surface area contributed by atoms with Gasteiger partial charge in [0.1, 0.15) is 30.1 Å². The molecule has 0 spiro atoms. The first-order valence-corrected chi connectivity index (χ1v) is 13.8. The molecule has 0 unspecified atom stereocenters. The Morgan fingerprint density at radius 3 is 2.74 bits per heavy atom. The number of piperidine rings is 1. The van der Waals surface area contributed by atoms with E-state index in [1.54, 1.807) is 6.33 Å². The summed E-state index contributed by atoms with van der Waals surface area (Å²) >= 11 is 0. The number of benzene rings is 1. The maximum absolute atomic E-state index is 13.5. The van der Waals surface area contributed by atoms with Crippen molar-refractivity contribution in [3.8, 4) is 16.9 Å². The first kappa shape index (κ1) is 25.5. The summed E-state index contributed by atoms with van der Waals surface area (Å²) in [4.78, 5) is 14.5. The van der Waals surface area contributed by atoms with E-state index in [-0.39, 0.29) is 24.5 Å². The standard InChI is InChI=1S/C29H37F2N5O2/c1-28(2)7-6-23(38-28)17-37-22-5-3-4-20(14-22)24-15-32-26-25(24)27(34-18-33-26)35-21-12-19(13-21)16-36-10-8-29(30,31)9-11-36/h3-5,14-15,18-19,21,23H,6-13,16-17H2,1-2H3,(H2,32,33,34,35)/t19?,21?,23-/m0/s1. The molecular formula is C29H37F2N5O2. The molecule has 4 heterocycles. The highest BCUT2D eigenvalue weighted by Gasteiger charge is 2.37. The van der Waals surface area contributed by atoms with E-state index in [1.807, 2.05) is 18.3 Å². The van der Waals surface area contributed by atoms with Crippen LogP contribution < -0.4 is 10.1 Å². The average molecular weight is 526 g/mol. The Balaban J connectivity index is 1.10. The normalized spacial score (nSPS) is 26.8. The van der Waals surface area contributed by atoms with Crippen LogP contribution in [-0.4, -0.2) is 69.8 Å². The quantitative estimate of drug-likeness (QED) is 0.382. The van der Waals surface area contributed by atoms with Gasteiger partial charge in [0.25, 0.3) is 5.92 Å². The van der Waals surface area contributed by atoms with Crippen molar-refractivity contribution in [2.45, 2.75) is 76.0 Å². The van der Waals surface area contributed by atoms with Crippen LogP contribution in [0.25, 0.3) is 22.2 Å². The second-order valence-corrected chi connectivity index (χ2v) is 11.9. The molecule has 9 heteroatoms. The van der Waals surface area contributed by atoms with E-state index < -0.39 is 5.92 Å². The summed E-state index contributed by atoms with van der Waals surface area (Å²) in [6, 6.07) is 8.43. The number of halogens is 2. The molecule has 1 atom stereocenters. The molecule has 2 saturated heterocycles. The summed E-state index contributed by atoms with van der Waals surface area (Å²) in [5.41, 5.74) is 2.77. The number of fused-ring (bicyclic) bond motifs is 1. The van der Waals surface area contributed by atoms with Crippen molar-refractivity contribution < 1.29 is 18.3 Å². The van der Waals surface area contributed by atoms with Crippen molar-refractivity contribution in [2.75, 3.05) is 31.6 Å². The lowest BCUT2D eigenvalue weighted by Gasteiger charge is -2.41. The van der Waals surface area contributed by atoms with Crippen LogP contribution in [0.1, 0.15) is 52.4 Å². The van der Waals surface area contributed by atoms with Gasteiger partial charge in [0.05, 0.1) is 17.1 Å². The minimum absolute atomic E-state index is 0.0185. The number of ether oxygens (including phenoxy) is 2. The Hall–Kier alpha value is -2.78. The molecule has 6 rings (SSSR count). The van der Waals surface area contributed by atoms with Crippen molar-refractivity contribution in [2.24, 2.45) is 5.92 Å². The van der Waals surface area contributed by atoms with Gasteiger partial charge in [-0.05, 0) is 63.1 Å². The van der Waals surface area contributed by atoms with Gasteiger partial charge in [-0.3, -0.25) is 0 Å². The zero-order chi connectivity index (χ0) is 26.3. The lowest BCUT2D eigenvalue weighted by Crippen LogP contribution is -2.46. The number of alkyl halides is 2. The number of aromatic nitrogens is 3. The van der Waals surface area contributed by atoms with Gasteiger partial charge < -0.3 is 24.7 Å². The van der Waals surface area contributed by atoms with Gasteiger partial charge in [-0.15, -0.1) is 0 Å². The van der Waals surface area contributed by atoms with E-state index in [1.165, 1.54) is 0 Å². The molecule has 3 aromatic rings. The first-order chi connectivity index (χ1) is 18.2. The fraction of sp³-hybridized carbons (Fsp3) is 0.586. The van der Waals surface area contributed by atoms with Gasteiger partial charge in [-0.1, -0.05) is 12.1 Å². The summed E-state index contributed by atoms with van der Waals surface area (Å²) in [5, 5.41) is 4.59. The van der Waals surface area contributed by atoms with Gasteiger partial charge >= 0.3 is 0 Å². The van der Waals surface area contributed by atoms with Crippen LogP contribution in [0.4, 0.5) is 14.6 Å². The Labute approximate surface area is 222 Å². The largest absolute Gasteiger partial charge is 0.491 e. The number of rotatable bonds is 8. The Bertz CT molecular complexity index is 1260. The SMILES string of the molecule is CC1(C)CC[C@@H](COc2cccc(-c3c[nH]c4ncnc(NC5CC(CN6CCC(F)(F)CC6)C5)c34)c2)O1. The summed E-state index contributed by atoms with van der Waals surface area (Å²) in [6.07, 6.45) is 7.73. The summed E-state index contributed by atoms with van der Waals surface area (Å²) in [6.45, 7) is 6.68. The van der Waals surface area contributed by atoms with Crippen LogP contribution >= 0.6 is 0 Å². The van der Waals surface area contributed by atoms with Gasteiger partial charge in [0.15, 0.2) is 0 Å². The van der Waals surface area contributed by atoms with Crippen molar-refractivity contribution in [3.63, 3.8) is 0 Å². The number of hydrogen-bond donors (Lipinski definition) is 2. The van der Waals surface area contributed by atoms with Crippen LogP contribution in [0.3, 0.4) is 0 Å². The van der Waals surface area contributed by atoms with Crippen molar-refractivity contribution in [3.05, 3.63) is 36.8 Å². The average Bonchev–Trinajstić information content (AvgIpc) is 3.46. The van der Waals surface area contributed by atoms with Gasteiger partial charge in [-0.25, -0.2) is 18.7 Å². The number of H-pyrrole nitrogens is 1. The molecule has 1 saturated carbocycles. The third-order valence-electron chi connectivity index (χ3n) is 8.29. The molecule has 1 aromatic carbocycles. The predicted molar refractivity (Wildman–Crippen MR) is 144 cm³/mol. The number of nitrogens with zero attached hydrogens (tertiary/aromatic N) is 3. The molecule has 3 fully saturated rings. The van der Waals surface area contributed by atoms with E-state index >= 15 is 0 Å². The van der Waals surface area contributed by atoms with Crippen LogP contribution in [0.2, 0.25) is 0 Å². The number of likely N-dealkylation sites (tertiary alicyclic amines) is 1. The van der Waals surface area contributed by atoms with E-state index in [4.69, 9.17) is 9.47 Å². The fourth-order valence-corrected chi connectivity index (χ4v) is 6.06. The lowest BCUT2D eigenvalue weighted by molar-refractivity contribution is -0.0593. The Morgan fingerprint density at radius 2 is 1.97 bits per heavy atom. The molecule has 7 nitrogen and oxygen atoms in total. The molecule has 0 amide bonds. The molecule has 38 heavy (non-hydrogen) atoms. The van der Waals surface area contributed by atoms with Gasteiger partial charge in [0, 0.05) is 50.3 Å². The lowest BCUT2D eigenvalue weighted by atomic mass is 9.79. The van der Waals surface area contributed by atoms with E-state index in [2.05, 4.69) is 51.1 Å². The number of anilines is 1. The van der Waals surface area contributed by atoms with E-state index in [9.17, 15) is 8.78 Å². The summed E-state index contributed by atoms with van der Waals surface area (Å²) in [7, 11) is 0. The summed E-state index contributed by atoms with van der Waals surface area (Å²) < 4.78 is 39.1. The Kier molecular flexibility index (Phi) is 6.76. The van der Waals surface area contributed by atoms with Gasteiger partial charge in [-0.2, -0.15) is 0 Å². The zero-order valence-corrected chi connectivity index (χ0v) is 22.2. The minimum atomic E-state index is -2.49. The van der Waals surface area contributed by atoms with Crippen molar-refractivity contribution in [1.29, 1.82) is 0 Å². The molecule has 2 aromatic heterocycles. The summed E-state index contributed by atoms with van der Waals surface area (Å²) in [5.74, 6) is -0.320. The number of aromatic amines is 1. The van der Waals surface area contributed by atoms with Crippen molar-refractivity contribution >= 4 is 16.9 Å². The molecular weight excluding hydrogens is 488 g/mol. The predicted octanol–water partition coefficient (Wildman–Crippen LogP) is 5.88. The fourth-order valence-electron chi connectivity index (χ4n) is 6.06. The highest BCUT2D eigenvalue weighted by Crippen LogP contribution is 2.38. The first-order valence-electron chi connectivity index (χ1n) is 13.8. The highest BCUT2D eigenvalue weighted by atomic mass is 19.3. The maximum Gasteiger partial charge on any atom is 0.250 e. The number of hydrogen-bond acceptors (Lipinski definition) is 6. The van der Waals surface area contributed by atoms with Crippen LogP contribution in [-0.2, 0) is 4.74 Å². The third kappa shape index (κ3) is 5.64. The second-order valence-electron chi connectivity index (χ2n) is 11.9. The molecule has 1 aliphatic carbocycles. The molecule has 2 N–H and O–H groups in total. The molecule has 0 radical (unpaired) electrons. The molecule has 204 valence electrons. The van der Waals surface area contributed by atoms with Crippen LogP contribution in [0, 0.1) is 5.92 Å². The topological polar surface area (TPSA) is 75.3 Å². The molecule has 2 aliphatic heterocycles. The van der Waals surface area contributed by atoms with E-state index in [0.29, 0.717) is 31.7 Å². The minimum Gasteiger partial charge on any atom is -0.491 e. The van der Waals surface area contributed by atoms with Crippen LogP contribution in [0.5, 0.6) is 5.75 Å². The highest BCUT2D eigenvalue weighted by molar-refractivity contribution is 6.01. The Morgan fingerprint density at radius 1 is 1.16 bits per heavy atom. The van der Waals surface area contributed by atoms with Crippen LogP contribution in [0.15, 0.2) is 36.8 Å². The van der Waals surface area contributed by atoms with Gasteiger partial charge in [0.2, 0.25) is 0 Å². The monoisotopic (exact) mass is 525 g/mol. The zero-order valence-electron chi connectivity index (χ0n) is 22.2. The van der Waals surface area contributed by atoms with E-state index in [0.717, 1.165) is 66.0 Å². The third-order valence-corrected chi connectivity index (χ3v) is 8.29. The molecule has 3 aliphatic rings.